The molecule has 0 bridgehead atoms. The highest BCUT2D eigenvalue weighted by molar-refractivity contribution is 5.67. The van der Waals surface area contributed by atoms with Gasteiger partial charge in [0.1, 0.15) is 18.9 Å². The zero-order valence-corrected chi connectivity index (χ0v) is 11.3. The highest BCUT2D eigenvalue weighted by Crippen LogP contribution is 2.27. The Balaban J connectivity index is 2.07. The highest BCUT2D eigenvalue weighted by atomic mass is 16.6. The Morgan fingerprint density at radius 2 is 2.29 bits per heavy atom. The summed E-state index contributed by atoms with van der Waals surface area (Å²) in [6.07, 6.45) is -0.844. The standard InChI is InChI=1S/C12H16N2O7/c1-6-3-14(12(19)13-11(6)18)9-2-7(15)8(21-9)4-20-5-10(16)17/h3,7-9,15H,2,4-5H2,1H3,(H,16,17)(H,13,18,19)/t7-,8+,9+/m0/s1. The number of aromatic nitrogens is 2. The summed E-state index contributed by atoms with van der Waals surface area (Å²) in [6, 6.07) is 0. The zero-order valence-electron chi connectivity index (χ0n) is 11.3. The Hall–Kier alpha value is -1.97. The molecule has 9 heteroatoms. The fourth-order valence-corrected chi connectivity index (χ4v) is 2.10. The molecule has 3 atom stereocenters. The molecule has 1 saturated heterocycles. The third-order valence-corrected chi connectivity index (χ3v) is 3.17. The maximum atomic E-state index is 11.7. The van der Waals surface area contributed by atoms with Gasteiger partial charge < -0.3 is 19.7 Å². The molecule has 1 aliphatic rings. The van der Waals surface area contributed by atoms with Crippen LogP contribution in [0.5, 0.6) is 0 Å². The van der Waals surface area contributed by atoms with Crippen LogP contribution in [-0.2, 0) is 14.3 Å². The largest absolute Gasteiger partial charge is 0.480 e. The lowest BCUT2D eigenvalue weighted by Gasteiger charge is -2.16. The maximum Gasteiger partial charge on any atom is 0.330 e. The van der Waals surface area contributed by atoms with Crippen LogP contribution in [0.25, 0.3) is 0 Å². The predicted octanol–water partition coefficient (Wildman–Crippen LogP) is -1.41. The molecule has 0 radical (unpaired) electrons. The van der Waals surface area contributed by atoms with Crippen molar-refractivity contribution >= 4 is 5.97 Å². The molecule has 1 aromatic heterocycles. The van der Waals surface area contributed by atoms with Gasteiger partial charge in [0.15, 0.2) is 0 Å². The molecule has 0 unspecified atom stereocenters. The summed E-state index contributed by atoms with van der Waals surface area (Å²) in [6.45, 7) is 0.962. The van der Waals surface area contributed by atoms with Crippen molar-refractivity contribution in [1.29, 1.82) is 0 Å². The lowest BCUT2D eigenvalue weighted by atomic mass is 10.2. The average Bonchev–Trinajstić information content (AvgIpc) is 2.75. The number of nitrogens with zero attached hydrogens (tertiary/aromatic N) is 1. The third-order valence-electron chi connectivity index (χ3n) is 3.17. The highest BCUT2D eigenvalue weighted by Gasteiger charge is 2.35. The predicted molar refractivity (Wildman–Crippen MR) is 69.0 cm³/mol. The second kappa shape index (κ2) is 6.20. The average molecular weight is 300 g/mol. The summed E-state index contributed by atoms with van der Waals surface area (Å²) in [4.78, 5) is 35.5. The second-order valence-electron chi connectivity index (χ2n) is 4.82. The van der Waals surface area contributed by atoms with E-state index in [4.69, 9.17) is 14.6 Å². The number of ether oxygens (including phenoxy) is 2. The fourth-order valence-electron chi connectivity index (χ4n) is 2.10. The van der Waals surface area contributed by atoms with Crippen molar-refractivity contribution in [3.63, 3.8) is 0 Å². The normalized spacial score (nSPS) is 25.1. The van der Waals surface area contributed by atoms with Crippen molar-refractivity contribution in [3.05, 3.63) is 32.6 Å². The molecule has 0 aliphatic carbocycles. The second-order valence-corrected chi connectivity index (χ2v) is 4.82. The molecular weight excluding hydrogens is 284 g/mol. The first-order chi connectivity index (χ1) is 9.88. The van der Waals surface area contributed by atoms with Crippen LogP contribution < -0.4 is 11.2 Å². The lowest BCUT2D eigenvalue weighted by molar-refractivity contribution is -0.144. The topological polar surface area (TPSA) is 131 Å². The van der Waals surface area contributed by atoms with Crippen LogP contribution in [0, 0.1) is 6.92 Å². The molecule has 0 amide bonds. The van der Waals surface area contributed by atoms with Crippen molar-refractivity contribution in [2.75, 3.05) is 13.2 Å². The Bertz CT molecular complexity index is 635. The number of aliphatic carboxylic acids is 1. The van der Waals surface area contributed by atoms with Crippen molar-refractivity contribution in [2.24, 2.45) is 0 Å². The van der Waals surface area contributed by atoms with Gasteiger partial charge in [-0.1, -0.05) is 0 Å². The molecule has 0 saturated carbocycles. The van der Waals surface area contributed by atoms with Crippen molar-refractivity contribution in [1.82, 2.24) is 9.55 Å². The zero-order chi connectivity index (χ0) is 15.6. The molecule has 1 fully saturated rings. The van der Waals surface area contributed by atoms with E-state index in [1.54, 1.807) is 6.92 Å². The number of rotatable bonds is 5. The van der Waals surface area contributed by atoms with Gasteiger partial charge >= 0.3 is 11.7 Å². The number of aryl methyl sites for hydroxylation is 1. The molecule has 116 valence electrons. The van der Waals surface area contributed by atoms with E-state index in [9.17, 15) is 19.5 Å². The Morgan fingerprint density at radius 3 is 2.95 bits per heavy atom. The maximum absolute atomic E-state index is 11.7. The molecule has 2 heterocycles. The quantitative estimate of drug-likeness (QED) is 0.609. The van der Waals surface area contributed by atoms with E-state index >= 15 is 0 Å². The van der Waals surface area contributed by atoms with Gasteiger partial charge in [-0.05, 0) is 6.92 Å². The number of H-pyrrole nitrogens is 1. The molecule has 0 spiro atoms. The van der Waals surface area contributed by atoms with E-state index in [1.807, 2.05) is 0 Å². The number of aromatic amines is 1. The van der Waals surface area contributed by atoms with Crippen molar-refractivity contribution < 1.29 is 24.5 Å². The summed E-state index contributed by atoms with van der Waals surface area (Å²) < 4.78 is 11.6. The minimum absolute atomic E-state index is 0.0962. The van der Waals surface area contributed by atoms with Gasteiger partial charge in [-0.25, -0.2) is 9.59 Å². The third kappa shape index (κ3) is 3.57. The van der Waals surface area contributed by atoms with Gasteiger partial charge in [0.2, 0.25) is 0 Å². The smallest absolute Gasteiger partial charge is 0.330 e. The van der Waals surface area contributed by atoms with Gasteiger partial charge in [-0.15, -0.1) is 0 Å². The summed E-state index contributed by atoms with van der Waals surface area (Å²) in [7, 11) is 0. The monoisotopic (exact) mass is 300 g/mol. The fraction of sp³-hybridized carbons (Fsp3) is 0.583. The minimum atomic E-state index is -1.12. The number of hydrogen-bond donors (Lipinski definition) is 3. The number of aliphatic hydroxyl groups excluding tert-OH is 1. The van der Waals surface area contributed by atoms with Crippen LogP contribution in [0.3, 0.4) is 0 Å². The summed E-state index contributed by atoms with van der Waals surface area (Å²) >= 11 is 0. The first-order valence-electron chi connectivity index (χ1n) is 6.33. The van der Waals surface area contributed by atoms with Crippen LogP contribution in [0.4, 0.5) is 0 Å². The van der Waals surface area contributed by atoms with E-state index in [0.29, 0.717) is 5.56 Å². The first kappa shape index (κ1) is 15.4. The Labute approximate surface area is 118 Å². The van der Waals surface area contributed by atoms with Crippen LogP contribution in [-0.4, -0.2) is 51.2 Å². The molecule has 1 aromatic rings. The molecule has 21 heavy (non-hydrogen) atoms. The van der Waals surface area contributed by atoms with Crippen LogP contribution >= 0.6 is 0 Å². The van der Waals surface area contributed by atoms with Crippen LogP contribution in [0.2, 0.25) is 0 Å². The minimum Gasteiger partial charge on any atom is -0.480 e. The molecule has 2 rings (SSSR count). The Kier molecular flexibility index (Phi) is 4.56. The van der Waals surface area contributed by atoms with Gasteiger partial charge in [-0.2, -0.15) is 0 Å². The molecule has 0 aromatic carbocycles. The summed E-state index contributed by atoms with van der Waals surface area (Å²) in [5.41, 5.74) is -0.760. The summed E-state index contributed by atoms with van der Waals surface area (Å²) in [5, 5.41) is 18.3. The van der Waals surface area contributed by atoms with Crippen LogP contribution in [0.15, 0.2) is 15.8 Å². The number of aliphatic hydroxyl groups is 1. The van der Waals surface area contributed by atoms with Gasteiger partial charge in [0, 0.05) is 18.2 Å². The SMILES string of the molecule is Cc1cn([C@H]2C[C@H](O)[C@@H](COCC(=O)O)O2)c(=O)[nH]c1=O. The lowest BCUT2D eigenvalue weighted by Crippen LogP contribution is -2.33. The van der Waals surface area contributed by atoms with E-state index in [2.05, 4.69) is 4.98 Å². The molecule has 1 aliphatic heterocycles. The van der Waals surface area contributed by atoms with E-state index in [-0.39, 0.29) is 13.0 Å². The Morgan fingerprint density at radius 1 is 1.57 bits per heavy atom. The summed E-state index contributed by atoms with van der Waals surface area (Å²) in [5.74, 6) is -1.12. The van der Waals surface area contributed by atoms with Crippen molar-refractivity contribution in [2.45, 2.75) is 31.8 Å². The molecule has 3 N–H and O–H groups in total. The molecular formula is C12H16N2O7. The molecule has 9 nitrogen and oxygen atoms in total. The van der Waals surface area contributed by atoms with E-state index in [1.165, 1.54) is 10.8 Å². The van der Waals surface area contributed by atoms with Crippen molar-refractivity contribution in [3.8, 4) is 0 Å². The number of nitrogens with one attached hydrogen (secondary N) is 1. The number of carbonyl (C=O) groups is 1. The van der Waals surface area contributed by atoms with E-state index < -0.39 is 42.3 Å². The number of carboxylic acids is 1. The number of carboxylic acid groups (broad SMARTS) is 1. The van der Waals surface area contributed by atoms with Crippen LogP contribution in [0.1, 0.15) is 18.2 Å². The number of hydrogen-bond acceptors (Lipinski definition) is 6. The van der Waals surface area contributed by atoms with Gasteiger partial charge in [-0.3, -0.25) is 14.3 Å². The first-order valence-corrected chi connectivity index (χ1v) is 6.33. The van der Waals surface area contributed by atoms with Gasteiger partial charge in [0.05, 0.1) is 12.7 Å². The van der Waals surface area contributed by atoms with E-state index in [0.717, 1.165) is 0 Å². The van der Waals surface area contributed by atoms with Gasteiger partial charge in [0.25, 0.3) is 5.56 Å².